The number of benzene rings is 1. The summed E-state index contributed by atoms with van der Waals surface area (Å²) in [6, 6.07) is 3.32. The number of carboxylic acid groups (broad SMARTS) is 1. The fourth-order valence-corrected chi connectivity index (χ4v) is 4.46. The van der Waals surface area contributed by atoms with Gasteiger partial charge in [0.15, 0.2) is 0 Å². The first-order valence-corrected chi connectivity index (χ1v) is 10.5. The van der Waals surface area contributed by atoms with E-state index in [1.165, 1.54) is 0 Å². The third-order valence-electron chi connectivity index (χ3n) is 6.20. The van der Waals surface area contributed by atoms with Crippen LogP contribution in [0.5, 0.6) is 11.5 Å². The maximum Gasteiger partial charge on any atom is 0.434 e. The molecule has 2 fully saturated rings. The molecule has 1 amide bonds. The molecule has 3 aliphatic rings. The van der Waals surface area contributed by atoms with Crippen molar-refractivity contribution >= 4 is 18.6 Å². The van der Waals surface area contributed by atoms with Crippen LogP contribution in [-0.4, -0.2) is 83.1 Å². The molecule has 12 heteroatoms. The Labute approximate surface area is 179 Å². The summed E-state index contributed by atoms with van der Waals surface area (Å²) in [5.74, 6) is -1.92. The molecule has 0 bridgehead atoms. The lowest BCUT2D eigenvalue weighted by Gasteiger charge is -2.43. The average molecular weight is 436 g/mol. The maximum absolute atomic E-state index is 12.2. The minimum atomic E-state index is -3.09. The summed E-state index contributed by atoms with van der Waals surface area (Å²) in [5.41, 5.74) is 9.21. The van der Waals surface area contributed by atoms with Crippen molar-refractivity contribution in [3.05, 3.63) is 23.3 Å². The van der Waals surface area contributed by atoms with Crippen LogP contribution in [-0.2, 0) is 4.79 Å². The van der Waals surface area contributed by atoms with Gasteiger partial charge in [-0.05, 0) is 24.5 Å². The molecule has 31 heavy (non-hydrogen) atoms. The van der Waals surface area contributed by atoms with Crippen molar-refractivity contribution in [2.45, 2.75) is 36.7 Å². The molecule has 1 unspecified atom stereocenters. The van der Waals surface area contributed by atoms with Gasteiger partial charge in [-0.25, -0.2) is 4.79 Å². The third-order valence-corrected chi connectivity index (χ3v) is 6.20. The Kier molecular flexibility index (Phi) is 5.38. The minimum Gasteiger partial charge on any atom is -0.669 e. The molecule has 3 atom stereocenters. The molecule has 1 saturated heterocycles. The van der Waals surface area contributed by atoms with E-state index in [1.54, 1.807) is 19.1 Å². The Bertz CT molecular complexity index is 903. The molecule has 1 aromatic carbocycles. The van der Waals surface area contributed by atoms with Crippen LogP contribution in [0.2, 0.25) is 5.82 Å². The van der Waals surface area contributed by atoms with E-state index < -0.39 is 24.1 Å². The van der Waals surface area contributed by atoms with E-state index in [-0.39, 0.29) is 35.0 Å². The van der Waals surface area contributed by atoms with E-state index in [0.717, 1.165) is 0 Å². The van der Waals surface area contributed by atoms with Crippen LogP contribution in [0.1, 0.15) is 35.2 Å². The largest absolute Gasteiger partial charge is 0.669 e. The summed E-state index contributed by atoms with van der Waals surface area (Å²) in [4.78, 5) is 26.1. The Hall–Kier alpha value is -2.38. The summed E-state index contributed by atoms with van der Waals surface area (Å²) in [7, 11) is 0. The highest BCUT2D eigenvalue weighted by atomic mass is 16.6. The molecule has 2 aliphatic heterocycles. The van der Waals surface area contributed by atoms with E-state index in [2.05, 4.69) is 11.1 Å². The Balaban J connectivity index is 1.41. The zero-order valence-corrected chi connectivity index (χ0v) is 17.4. The highest BCUT2D eigenvalue weighted by Gasteiger charge is 2.55. The average Bonchev–Trinajstić information content (AvgIpc) is 3.45. The van der Waals surface area contributed by atoms with Crippen LogP contribution in [0.4, 0.5) is 0 Å². The number of nitrogens with zero attached hydrogens (tertiary/aromatic N) is 1. The van der Waals surface area contributed by atoms with Gasteiger partial charge < -0.3 is 41.3 Å². The van der Waals surface area contributed by atoms with Gasteiger partial charge in [0.05, 0.1) is 18.8 Å². The van der Waals surface area contributed by atoms with Crippen LogP contribution in [0.3, 0.4) is 0 Å². The number of amides is 1. The number of ether oxygens (including phenoxy) is 1. The zero-order valence-electron chi connectivity index (χ0n) is 17.4. The number of nitrogens with two attached hydrogens (primary N) is 1. The second kappa shape index (κ2) is 7.64. The first kappa shape index (κ1) is 21.8. The number of aromatic carboxylic acids is 1. The van der Waals surface area contributed by atoms with Gasteiger partial charge in [-0.2, -0.15) is 0 Å². The van der Waals surface area contributed by atoms with Crippen LogP contribution < -0.4 is 26.2 Å². The van der Waals surface area contributed by atoms with Gasteiger partial charge in [0.25, 0.3) is 0 Å². The third kappa shape index (κ3) is 4.09. The number of hydrogen-bond acceptors (Lipinski definition) is 8. The number of quaternary nitrogens is 1. The predicted octanol–water partition coefficient (Wildman–Crippen LogP) is -2.30. The monoisotopic (exact) mass is 436 g/mol. The molecular weight excluding hydrogens is 407 g/mol. The molecule has 4 rings (SSSR count). The molecule has 9 N–H and O–H groups in total. The molecule has 2 heterocycles. The smallest absolute Gasteiger partial charge is 0.434 e. The van der Waals surface area contributed by atoms with Crippen molar-refractivity contribution in [2.75, 3.05) is 32.7 Å². The molecule has 0 spiro atoms. The lowest BCUT2D eigenvalue weighted by molar-refractivity contribution is -0.364. The van der Waals surface area contributed by atoms with Gasteiger partial charge >= 0.3 is 12.7 Å². The van der Waals surface area contributed by atoms with Gasteiger partial charge in [0.1, 0.15) is 23.0 Å². The number of carbonyl (C=O) groups is 2. The number of likely N-dealkylation sites (tertiary alicyclic amines) is 1. The number of carbonyl (C=O) groups excluding carboxylic acids is 1. The van der Waals surface area contributed by atoms with E-state index >= 15 is 0 Å². The van der Waals surface area contributed by atoms with Crippen molar-refractivity contribution in [1.29, 1.82) is 0 Å². The molecular formula is C19H29BN4O7. The number of nitrogens with one attached hydrogen (secondary N) is 1. The minimum absolute atomic E-state index is 0.0263. The molecule has 1 saturated carbocycles. The second-order valence-corrected chi connectivity index (χ2v) is 9.01. The van der Waals surface area contributed by atoms with Crippen molar-refractivity contribution in [3.63, 3.8) is 0 Å². The molecule has 1 aliphatic carbocycles. The lowest BCUT2D eigenvalue weighted by Crippen LogP contribution is -2.65. The number of hydrogen-bond donors (Lipinski definition) is 6. The first-order valence-electron chi connectivity index (χ1n) is 10.5. The quantitative estimate of drug-likeness (QED) is 0.244. The Morgan fingerprint density at radius 2 is 2.13 bits per heavy atom. The van der Waals surface area contributed by atoms with Gasteiger partial charge in [0.2, 0.25) is 5.91 Å². The highest BCUT2D eigenvalue weighted by Crippen LogP contribution is 2.63. The molecule has 1 aromatic rings. The van der Waals surface area contributed by atoms with Crippen LogP contribution >= 0.6 is 0 Å². The van der Waals surface area contributed by atoms with Gasteiger partial charge in [0, 0.05) is 19.6 Å². The zero-order chi connectivity index (χ0) is 22.6. The SMILES string of the molecule is CC(N)(CN1CC(Oc2ccc3c(c2C(=O)O)O[B-](O)(O)[C@@H]2C[C@H]32)C1)C(=O)NCC[NH3+]. The topological polar surface area (TPSA) is 182 Å². The molecule has 0 radical (unpaired) electrons. The van der Waals surface area contributed by atoms with E-state index in [9.17, 15) is 24.7 Å². The standard InChI is InChI=1S/C19H28BN4O7/c1-19(22,18(27)23-5-4-21)9-24-7-10(8-24)30-14-3-2-11-12-6-13(12)20(28,29)31-16(11)15(14)17(25)26/h2-3,10,12-13,28-29H,4-9,21-22H2,1H3,(H,23,27)(H,25,26)/q-1/p+1/t12-,13-,19?/m1/s1. The molecule has 170 valence electrons. The van der Waals surface area contributed by atoms with E-state index in [0.29, 0.717) is 44.7 Å². The number of fused-ring (bicyclic) bond motifs is 3. The number of rotatable bonds is 8. The number of carboxylic acids is 1. The summed E-state index contributed by atoms with van der Waals surface area (Å²) >= 11 is 0. The fraction of sp³-hybridized carbons (Fsp3) is 0.579. The highest BCUT2D eigenvalue weighted by molar-refractivity contribution is 6.62. The summed E-state index contributed by atoms with van der Waals surface area (Å²) in [5, 5.41) is 32.7. The Morgan fingerprint density at radius 1 is 1.42 bits per heavy atom. The van der Waals surface area contributed by atoms with Crippen molar-refractivity contribution in [2.24, 2.45) is 5.73 Å². The second-order valence-electron chi connectivity index (χ2n) is 9.01. The summed E-state index contributed by atoms with van der Waals surface area (Å²) < 4.78 is 11.2. The fourth-order valence-electron chi connectivity index (χ4n) is 4.46. The van der Waals surface area contributed by atoms with E-state index in [1.807, 2.05) is 4.90 Å². The molecule has 0 aromatic heterocycles. The first-order chi connectivity index (χ1) is 14.5. The summed E-state index contributed by atoms with van der Waals surface area (Å²) in [6.45, 7) is 0.896. The van der Waals surface area contributed by atoms with Crippen molar-refractivity contribution in [1.82, 2.24) is 10.2 Å². The lowest BCUT2D eigenvalue weighted by atomic mass is 9.68. The maximum atomic E-state index is 12.2. The van der Waals surface area contributed by atoms with Crippen molar-refractivity contribution in [3.8, 4) is 11.5 Å². The van der Waals surface area contributed by atoms with Crippen molar-refractivity contribution < 1.29 is 39.9 Å². The van der Waals surface area contributed by atoms with Gasteiger partial charge in [-0.1, -0.05) is 18.3 Å². The van der Waals surface area contributed by atoms with Gasteiger partial charge in [-0.3, -0.25) is 9.69 Å². The summed E-state index contributed by atoms with van der Waals surface area (Å²) in [6.07, 6.45) is 0.266. The Morgan fingerprint density at radius 3 is 2.77 bits per heavy atom. The van der Waals surface area contributed by atoms with Gasteiger partial charge in [-0.15, -0.1) is 0 Å². The van der Waals surface area contributed by atoms with Crippen LogP contribution in [0, 0.1) is 0 Å². The van der Waals surface area contributed by atoms with Crippen LogP contribution in [0.25, 0.3) is 0 Å². The van der Waals surface area contributed by atoms with Crippen LogP contribution in [0.15, 0.2) is 12.1 Å². The normalized spacial score (nSPS) is 25.8. The van der Waals surface area contributed by atoms with E-state index in [4.69, 9.17) is 15.1 Å². The molecule has 11 nitrogen and oxygen atoms in total. The predicted molar refractivity (Wildman–Crippen MR) is 110 cm³/mol.